The summed E-state index contributed by atoms with van der Waals surface area (Å²) in [5.41, 5.74) is 1.39. The first-order chi connectivity index (χ1) is 9.06. The molecule has 1 aliphatic heterocycles. The molecule has 0 N–H and O–H groups in total. The highest BCUT2D eigenvalue weighted by atomic mass is 16.2. The molecule has 1 aliphatic rings. The Kier molecular flexibility index (Phi) is 3.30. The van der Waals surface area contributed by atoms with Gasteiger partial charge in [0.15, 0.2) is 0 Å². The first-order valence-electron chi connectivity index (χ1n) is 5.74. The zero-order valence-corrected chi connectivity index (χ0v) is 10.5. The lowest BCUT2D eigenvalue weighted by molar-refractivity contribution is -0.141. The highest BCUT2D eigenvalue weighted by molar-refractivity contribution is 6.16. The Morgan fingerprint density at radius 3 is 2.42 bits per heavy atom. The summed E-state index contributed by atoms with van der Waals surface area (Å²) >= 11 is 0. The number of amides is 2. The standard InChI is InChI=1S/C15H12N2O2/c1-10-11(2)14(18)17(15(19)13(10)16-3)9-12-7-5-4-6-8-12/h4-8H,2,9H2,1H3. The van der Waals surface area contributed by atoms with Crippen LogP contribution in [0.3, 0.4) is 0 Å². The van der Waals surface area contributed by atoms with Gasteiger partial charge in [-0.25, -0.2) is 4.85 Å². The molecule has 4 nitrogen and oxygen atoms in total. The average Bonchev–Trinajstić information content (AvgIpc) is 2.43. The molecular formula is C15H12N2O2. The van der Waals surface area contributed by atoms with E-state index < -0.39 is 11.8 Å². The second-order valence-corrected chi connectivity index (χ2v) is 4.25. The summed E-state index contributed by atoms with van der Waals surface area (Å²) in [6.07, 6.45) is 0. The van der Waals surface area contributed by atoms with Gasteiger partial charge in [0, 0.05) is 5.57 Å². The van der Waals surface area contributed by atoms with E-state index in [4.69, 9.17) is 6.57 Å². The van der Waals surface area contributed by atoms with Gasteiger partial charge in [-0.2, -0.15) is 0 Å². The third-order valence-corrected chi connectivity index (χ3v) is 3.05. The van der Waals surface area contributed by atoms with E-state index in [2.05, 4.69) is 11.4 Å². The van der Waals surface area contributed by atoms with Crippen LogP contribution in [0.1, 0.15) is 12.5 Å². The van der Waals surface area contributed by atoms with Crippen molar-refractivity contribution in [1.82, 2.24) is 4.90 Å². The van der Waals surface area contributed by atoms with Crippen molar-refractivity contribution in [2.75, 3.05) is 0 Å². The predicted octanol–water partition coefficient (Wildman–Crippen LogP) is 2.30. The lowest BCUT2D eigenvalue weighted by Crippen LogP contribution is -2.41. The molecule has 0 saturated heterocycles. The molecule has 0 saturated carbocycles. The number of hydrogen-bond acceptors (Lipinski definition) is 2. The number of hydrogen-bond donors (Lipinski definition) is 0. The lowest BCUT2D eigenvalue weighted by atomic mass is 10.00. The Hall–Kier alpha value is -2.67. The van der Waals surface area contributed by atoms with E-state index in [0.717, 1.165) is 10.5 Å². The number of carbonyl (C=O) groups excluding carboxylic acids is 2. The Labute approximate surface area is 111 Å². The zero-order chi connectivity index (χ0) is 14.0. The Morgan fingerprint density at radius 2 is 1.84 bits per heavy atom. The van der Waals surface area contributed by atoms with Crippen LogP contribution in [0.15, 0.2) is 53.8 Å². The molecule has 1 aromatic carbocycles. The fraction of sp³-hybridized carbons (Fsp3) is 0.133. The molecular weight excluding hydrogens is 240 g/mol. The van der Waals surface area contributed by atoms with Crippen LogP contribution in [0, 0.1) is 6.57 Å². The maximum atomic E-state index is 12.1. The minimum Gasteiger partial charge on any atom is -0.283 e. The summed E-state index contributed by atoms with van der Waals surface area (Å²) in [6, 6.07) is 9.18. The first kappa shape index (κ1) is 12.8. The van der Waals surface area contributed by atoms with Gasteiger partial charge < -0.3 is 0 Å². The number of imide groups is 1. The molecule has 0 aromatic heterocycles. The van der Waals surface area contributed by atoms with Crippen molar-refractivity contribution in [3.63, 3.8) is 0 Å². The van der Waals surface area contributed by atoms with E-state index in [1.807, 2.05) is 30.3 Å². The SMILES string of the molecule is [C-]#[N+]C1=C(C)C(=C)C(=O)N(Cc2ccccc2)C1=O. The van der Waals surface area contributed by atoms with Gasteiger partial charge >= 0.3 is 0 Å². The Morgan fingerprint density at radius 1 is 1.21 bits per heavy atom. The van der Waals surface area contributed by atoms with Crippen molar-refractivity contribution in [3.05, 3.63) is 70.7 Å². The molecule has 0 spiro atoms. The zero-order valence-electron chi connectivity index (χ0n) is 10.5. The van der Waals surface area contributed by atoms with E-state index in [0.29, 0.717) is 5.57 Å². The van der Waals surface area contributed by atoms with Crippen LogP contribution in [-0.2, 0) is 16.1 Å². The summed E-state index contributed by atoms with van der Waals surface area (Å²) in [6.45, 7) is 12.4. The largest absolute Gasteiger partial charge is 0.283 e. The predicted molar refractivity (Wildman–Crippen MR) is 70.4 cm³/mol. The summed E-state index contributed by atoms with van der Waals surface area (Å²) in [5, 5.41) is 0. The van der Waals surface area contributed by atoms with E-state index in [9.17, 15) is 9.59 Å². The summed E-state index contributed by atoms with van der Waals surface area (Å²) in [5.74, 6) is -0.979. The van der Waals surface area contributed by atoms with Gasteiger partial charge in [-0.3, -0.25) is 14.5 Å². The van der Waals surface area contributed by atoms with E-state index in [1.165, 1.54) is 0 Å². The minimum absolute atomic E-state index is 0.0273. The summed E-state index contributed by atoms with van der Waals surface area (Å²) < 4.78 is 0. The molecule has 0 atom stereocenters. The van der Waals surface area contributed by atoms with Crippen LogP contribution in [0.4, 0.5) is 0 Å². The number of rotatable bonds is 2. The monoisotopic (exact) mass is 252 g/mol. The van der Waals surface area contributed by atoms with Gasteiger partial charge in [-0.1, -0.05) is 36.9 Å². The molecule has 2 rings (SSSR count). The van der Waals surface area contributed by atoms with Crippen LogP contribution >= 0.6 is 0 Å². The maximum Gasteiger partial charge on any atom is 0.260 e. The molecule has 0 unspecified atom stereocenters. The van der Waals surface area contributed by atoms with Gasteiger partial charge in [0.05, 0.1) is 13.1 Å². The Bertz CT molecular complexity index is 636. The third-order valence-electron chi connectivity index (χ3n) is 3.05. The fourth-order valence-corrected chi connectivity index (χ4v) is 1.89. The second kappa shape index (κ2) is 4.91. The molecule has 19 heavy (non-hydrogen) atoms. The van der Waals surface area contributed by atoms with Crippen molar-refractivity contribution in [1.29, 1.82) is 0 Å². The molecule has 0 fully saturated rings. The van der Waals surface area contributed by atoms with Gasteiger partial charge in [-0.15, -0.1) is 0 Å². The first-order valence-corrected chi connectivity index (χ1v) is 5.74. The quantitative estimate of drug-likeness (QED) is 0.460. The fourth-order valence-electron chi connectivity index (χ4n) is 1.89. The summed E-state index contributed by atoms with van der Waals surface area (Å²) in [7, 11) is 0. The van der Waals surface area contributed by atoms with Crippen molar-refractivity contribution in [2.45, 2.75) is 13.5 Å². The van der Waals surface area contributed by atoms with Crippen LogP contribution in [0.5, 0.6) is 0 Å². The average molecular weight is 252 g/mol. The van der Waals surface area contributed by atoms with Crippen molar-refractivity contribution < 1.29 is 9.59 Å². The minimum atomic E-state index is -0.547. The van der Waals surface area contributed by atoms with E-state index >= 15 is 0 Å². The van der Waals surface area contributed by atoms with Crippen LogP contribution in [0.25, 0.3) is 4.85 Å². The molecule has 1 aromatic rings. The molecule has 0 radical (unpaired) electrons. The van der Waals surface area contributed by atoms with Gasteiger partial charge in [-0.05, 0) is 18.1 Å². The van der Waals surface area contributed by atoms with E-state index in [-0.39, 0.29) is 17.8 Å². The van der Waals surface area contributed by atoms with Crippen molar-refractivity contribution in [3.8, 4) is 0 Å². The van der Waals surface area contributed by atoms with Gasteiger partial charge in [0.1, 0.15) is 0 Å². The summed E-state index contributed by atoms with van der Waals surface area (Å²) in [4.78, 5) is 28.5. The molecule has 2 amide bonds. The van der Waals surface area contributed by atoms with Crippen molar-refractivity contribution >= 4 is 11.8 Å². The molecule has 0 bridgehead atoms. The normalized spacial score (nSPS) is 15.8. The topological polar surface area (TPSA) is 41.7 Å². The third kappa shape index (κ3) is 2.18. The molecule has 4 heteroatoms. The lowest BCUT2D eigenvalue weighted by Gasteiger charge is -2.27. The van der Waals surface area contributed by atoms with Gasteiger partial charge in [0.2, 0.25) is 0 Å². The van der Waals surface area contributed by atoms with Crippen molar-refractivity contribution in [2.24, 2.45) is 0 Å². The number of benzene rings is 1. The smallest absolute Gasteiger partial charge is 0.260 e. The Balaban J connectivity index is 2.38. The highest BCUT2D eigenvalue weighted by Crippen LogP contribution is 2.25. The number of nitrogens with zero attached hydrogens (tertiary/aromatic N) is 2. The molecule has 0 aliphatic carbocycles. The van der Waals surface area contributed by atoms with Crippen LogP contribution in [0.2, 0.25) is 0 Å². The number of carbonyl (C=O) groups is 2. The second-order valence-electron chi connectivity index (χ2n) is 4.25. The molecule has 94 valence electrons. The van der Waals surface area contributed by atoms with Gasteiger partial charge in [0.25, 0.3) is 17.5 Å². The van der Waals surface area contributed by atoms with E-state index in [1.54, 1.807) is 6.92 Å². The molecule has 1 heterocycles. The van der Waals surface area contributed by atoms with Crippen LogP contribution < -0.4 is 0 Å². The van der Waals surface area contributed by atoms with Crippen LogP contribution in [-0.4, -0.2) is 16.7 Å². The maximum absolute atomic E-state index is 12.1. The highest BCUT2D eigenvalue weighted by Gasteiger charge is 2.34.